The van der Waals surface area contributed by atoms with E-state index in [-0.39, 0.29) is 17.7 Å². The Bertz CT molecular complexity index is 830. The van der Waals surface area contributed by atoms with Crippen molar-refractivity contribution < 1.29 is 14.3 Å². The van der Waals surface area contributed by atoms with Gasteiger partial charge in [-0.25, -0.2) is 0 Å². The van der Waals surface area contributed by atoms with Crippen LogP contribution in [0.4, 0.5) is 11.4 Å². The highest BCUT2D eigenvalue weighted by atomic mass is 16.5. The molecule has 2 amide bonds. The van der Waals surface area contributed by atoms with Crippen LogP contribution in [-0.4, -0.2) is 25.5 Å². The second-order valence-electron chi connectivity index (χ2n) is 6.75. The summed E-state index contributed by atoms with van der Waals surface area (Å²) in [7, 11) is 1.55. The Kier molecular flexibility index (Phi) is 5.26. The molecule has 0 atom stereocenters. The van der Waals surface area contributed by atoms with Crippen molar-refractivity contribution in [1.29, 1.82) is 0 Å². The second kappa shape index (κ2) is 7.60. The number of hydrogen-bond donors (Lipinski definition) is 1. The van der Waals surface area contributed by atoms with Gasteiger partial charge in [-0.05, 0) is 48.7 Å². The summed E-state index contributed by atoms with van der Waals surface area (Å²) in [6.45, 7) is 4.58. The van der Waals surface area contributed by atoms with Gasteiger partial charge in [-0.1, -0.05) is 26.0 Å². The van der Waals surface area contributed by atoms with Gasteiger partial charge in [0.25, 0.3) is 5.91 Å². The molecule has 26 heavy (non-hydrogen) atoms. The Labute approximate surface area is 154 Å². The van der Waals surface area contributed by atoms with E-state index in [1.165, 1.54) is 0 Å². The van der Waals surface area contributed by atoms with Gasteiger partial charge in [0, 0.05) is 23.8 Å². The van der Waals surface area contributed by atoms with Crippen LogP contribution >= 0.6 is 0 Å². The number of fused-ring (bicyclic) bond motifs is 1. The summed E-state index contributed by atoms with van der Waals surface area (Å²) in [4.78, 5) is 26.8. The number of rotatable bonds is 4. The molecule has 1 aliphatic heterocycles. The number of benzene rings is 2. The molecule has 0 bridgehead atoms. The van der Waals surface area contributed by atoms with Crippen LogP contribution in [0, 0.1) is 5.92 Å². The standard InChI is InChI=1S/C21H24N2O3/c1-14(2)21(25)23-12-6-7-15-13-16(10-11-18(15)23)22-20(24)17-8-4-5-9-19(17)26-3/h4-5,8-11,13-14H,6-7,12H2,1-3H3,(H,22,24). The molecule has 0 saturated heterocycles. The first-order valence-corrected chi connectivity index (χ1v) is 8.90. The molecule has 0 radical (unpaired) electrons. The van der Waals surface area contributed by atoms with Crippen molar-refractivity contribution >= 4 is 23.2 Å². The van der Waals surface area contributed by atoms with E-state index in [4.69, 9.17) is 4.74 Å². The van der Waals surface area contributed by atoms with Crippen molar-refractivity contribution in [3.8, 4) is 5.75 Å². The largest absolute Gasteiger partial charge is 0.496 e. The van der Waals surface area contributed by atoms with Crippen molar-refractivity contribution in [2.24, 2.45) is 5.92 Å². The molecule has 2 aromatic rings. The Morgan fingerprint density at radius 1 is 1.15 bits per heavy atom. The predicted molar refractivity (Wildman–Crippen MR) is 103 cm³/mol. The van der Waals surface area contributed by atoms with E-state index in [1.807, 2.05) is 43.0 Å². The summed E-state index contributed by atoms with van der Waals surface area (Å²) in [5.41, 5.74) is 3.25. The molecular weight excluding hydrogens is 328 g/mol. The van der Waals surface area contributed by atoms with E-state index in [0.29, 0.717) is 11.3 Å². The average molecular weight is 352 g/mol. The number of methoxy groups -OCH3 is 1. The molecule has 0 aromatic heterocycles. The van der Waals surface area contributed by atoms with E-state index < -0.39 is 0 Å². The third-order valence-corrected chi connectivity index (χ3v) is 4.57. The highest BCUT2D eigenvalue weighted by Crippen LogP contribution is 2.31. The van der Waals surface area contributed by atoms with E-state index in [2.05, 4.69) is 5.32 Å². The number of ether oxygens (including phenoxy) is 1. The summed E-state index contributed by atoms with van der Waals surface area (Å²) in [5, 5.41) is 2.93. The van der Waals surface area contributed by atoms with Crippen LogP contribution in [0.1, 0.15) is 36.2 Å². The van der Waals surface area contributed by atoms with Crippen molar-refractivity contribution in [3.05, 3.63) is 53.6 Å². The molecule has 5 nitrogen and oxygen atoms in total. The summed E-state index contributed by atoms with van der Waals surface area (Å²) >= 11 is 0. The minimum Gasteiger partial charge on any atom is -0.496 e. The lowest BCUT2D eigenvalue weighted by Crippen LogP contribution is -2.38. The zero-order chi connectivity index (χ0) is 18.7. The number of aryl methyl sites for hydroxylation is 1. The predicted octanol–water partition coefficient (Wildman–Crippen LogP) is 3.88. The molecule has 1 aliphatic rings. The fourth-order valence-corrected chi connectivity index (χ4v) is 3.25. The van der Waals surface area contributed by atoms with Crippen LogP contribution in [0.5, 0.6) is 5.75 Å². The van der Waals surface area contributed by atoms with Crippen molar-refractivity contribution in [1.82, 2.24) is 0 Å². The van der Waals surface area contributed by atoms with Gasteiger partial charge in [0.05, 0.1) is 12.7 Å². The third-order valence-electron chi connectivity index (χ3n) is 4.57. The van der Waals surface area contributed by atoms with Crippen LogP contribution in [0.2, 0.25) is 0 Å². The molecule has 0 fully saturated rings. The van der Waals surface area contributed by atoms with Crippen molar-refractivity contribution in [2.45, 2.75) is 26.7 Å². The molecule has 1 heterocycles. The molecule has 0 spiro atoms. The second-order valence-corrected chi connectivity index (χ2v) is 6.75. The van der Waals surface area contributed by atoms with Gasteiger partial charge in [0.1, 0.15) is 5.75 Å². The number of carbonyl (C=O) groups excluding carboxylic acids is 2. The van der Waals surface area contributed by atoms with E-state index >= 15 is 0 Å². The number of nitrogens with zero attached hydrogens (tertiary/aromatic N) is 1. The van der Waals surface area contributed by atoms with Gasteiger partial charge in [-0.3, -0.25) is 9.59 Å². The molecule has 0 aliphatic carbocycles. The Balaban J connectivity index is 1.83. The number of carbonyl (C=O) groups is 2. The lowest BCUT2D eigenvalue weighted by Gasteiger charge is -2.31. The zero-order valence-corrected chi connectivity index (χ0v) is 15.4. The smallest absolute Gasteiger partial charge is 0.259 e. The summed E-state index contributed by atoms with van der Waals surface area (Å²) in [6, 6.07) is 12.9. The fourth-order valence-electron chi connectivity index (χ4n) is 3.25. The highest BCUT2D eigenvalue weighted by Gasteiger charge is 2.24. The zero-order valence-electron chi connectivity index (χ0n) is 15.4. The minimum atomic E-state index is -0.215. The summed E-state index contributed by atoms with van der Waals surface area (Å²) in [6.07, 6.45) is 1.82. The highest BCUT2D eigenvalue weighted by molar-refractivity contribution is 6.06. The molecule has 3 rings (SSSR count). The van der Waals surface area contributed by atoms with Crippen LogP contribution < -0.4 is 15.0 Å². The third kappa shape index (κ3) is 3.57. The molecule has 0 unspecified atom stereocenters. The summed E-state index contributed by atoms with van der Waals surface area (Å²) in [5.74, 6) is 0.424. The number of amides is 2. The maximum Gasteiger partial charge on any atom is 0.259 e. The Morgan fingerprint density at radius 2 is 1.92 bits per heavy atom. The van der Waals surface area contributed by atoms with E-state index in [9.17, 15) is 9.59 Å². The Hall–Kier alpha value is -2.82. The lowest BCUT2D eigenvalue weighted by molar-refractivity contribution is -0.121. The van der Waals surface area contributed by atoms with Crippen molar-refractivity contribution in [3.63, 3.8) is 0 Å². The lowest BCUT2D eigenvalue weighted by atomic mass is 9.99. The first kappa shape index (κ1) is 18.0. The van der Waals surface area contributed by atoms with Crippen LogP contribution in [0.15, 0.2) is 42.5 Å². The van der Waals surface area contributed by atoms with Gasteiger partial charge < -0.3 is 15.0 Å². The van der Waals surface area contributed by atoms with E-state index in [0.717, 1.165) is 36.3 Å². The topological polar surface area (TPSA) is 58.6 Å². The Morgan fingerprint density at radius 3 is 2.65 bits per heavy atom. The van der Waals surface area contributed by atoms with E-state index in [1.54, 1.807) is 25.3 Å². The summed E-state index contributed by atoms with van der Waals surface area (Å²) < 4.78 is 5.25. The molecule has 5 heteroatoms. The van der Waals surface area contributed by atoms with Gasteiger partial charge in [-0.15, -0.1) is 0 Å². The first-order chi connectivity index (χ1) is 12.5. The van der Waals surface area contributed by atoms with Gasteiger partial charge in [-0.2, -0.15) is 0 Å². The number of para-hydroxylation sites is 1. The van der Waals surface area contributed by atoms with Crippen LogP contribution in [0.3, 0.4) is 0 Å². The number of nitrogens with one attached hydrogen (secondary N) is 1. The van der Waals surface area contributed by atoms with Gasteiger partial charge >= 0.3 is 0 Å². The maximum atomic E-state index is 12.6. The van der Waals surface area contributed by atoms with Crippen molar-refractivity contribution in [2.75, 3.05) is 23.9 Å². The van der Waals surface area contributed by atoms with Gasteiger partial charge in [0.15, 0.2) is 0 Å². The molecular formula is C21H24N2O3. The molecule has 136 valence electrons. The molecule has 2 aromatic carbocycles. The number of hydrogen-bond acceptors (Lipinski definition) is 3. The van der Waals surface area contributed by atoms with Crippen LogP contribution in [0.25, 0.3) is 0 Å². The monoisotopic (exact) mass is 352 g/mol. The quantitative estimate of drug-likeness (QED) is 0.908. The molecule has 1 N–H and O–H groups in total. The minimum absolute atomic E-state index is 0.0362. The average Bonchev–Trinajstić information content (AvgIpc) is 2.66. The molecule has 0 saturated carbocycles. The SMILES string of the molecule is COc1ccccc1C(=O)Nc1ccc2c(c1)CCCN2C(=O)C(C)C. The first-order valence-electron chi connectivity index (χ1n) is 8.90. The van der Waals surface area contributed by atoms with Crippen LogP contribution in [-0.2, 0) is 11.2 Å². The maximum absolute atomic E-state index is 12.6. The van der Waals surface area contributed by atoms with Gasteiger partial charge in [0.2, 0.25) is 5.91 Å². The normalized spacial score (nSPS) is 13.3. The number of anilines is 2. The fraction of sp³-hybridized carbons (Fsp3) is 0.333.